The number of rotatable bonds is 14. The van der Waals surface area contributed by atoms with Crippen molar-refractivity contribution in [1.29, 1.82) is 0 Å². The molecule has 0 saturated carbocycles. The highest BCUT2D eigenvalue weighted by molar-refractivity contribution is 5.83. The molecule has 3 aromatic rings. The topological polar surface area (TPSA) is 78.6 Å². The zero-order chi connectivity index (χ0) is 25.0. The Labute approximate surface area is 207 Å². The van der Waals surface area contributed by atoms with Gasteiger partial charge < -0.3 is 13.9 Å². The Morgan fingerprint density at radius 1 is 0.971 bits per heavy atom. The summed E-state index contributed by atoms with van der Waals surface area (Å²) in [7, 11) is 0. The molecule has 3 rings (SSSR count). The number of benzene rings is 1. The van der Waals surface area contributed by atoms with Crippen molar-refractivity contribution < 1.29 is 18.7 Å². The molecule has 0 aliphatic rings. The molecule has 0 atom stereocenters. The van der Waals surface area contributed by atoms with E-state index in [9.17, 15) is 9.59 Å². The van der Waals surface area contributed by atoms with Gasteiger partial charge in [0.25, 0.3) is 0 Å². The lowest BCUT2D eigenvalue weighted by molar-refractivity contribution is -0.143. The van der Waals surface area contributed by atoms with Gasteiger partial charge in [0, 0.05) is 24.1 Å². The van der Waals surface area contributed by atoms with Gasteiger partial charge in [-0.2, -0.15) is 0 Å². The number of fused-ring (bicyclic) bond motifs is 1. The van der Waals surface area contributed by atoms with Crippen LogP contribution in [0.15, 0.2) is 45.7 Å². The molecule has 0 N–H and O–H groups in total. The van der Waals surface area contributed by atoms with Crippen LogP contribution in [0.5, 0.6) is 5.88 Å². The van der Waals surface area contributed by atoms with E-state index >= 15 is 0 Å². The first-order valence-corrected chi connectivity index (χ1v) is 12.8. The summed E-state index contributed by atoms with van der Waals surface area (Å²) in [5.41, 5.74) is 3.85. The SMILES string of the molecule is CCC(=O)OCCCCCCCCCOc1cc2oc(=O)c(-c3c(C)cccc3CC)cc2cn1. The van der Waals surface area contributed by atoms with Gasteiger partial charge in [-0.1, -0.05) is 64.2 Å². The summed E-state index contributed by atoms with van der Waals surface area (Å²) in [6.45, 7) is 7.02. The van der Waals surface area contributed by atoms with Crippen LogP contribution in [0.1, 0.15) is 76.3 Å². The fourth-order valence-electron chi connectivity index (χ4n) is 4.21. The fourth-order valence-corrected chi connectivity index (χ4v) is 4.21. The Kier molecular flexibility index (Phi) is 10.3. The Bertz CT molecular complexity index is 1170. The van der Waals surface area contributed by atoms with E-state index in [1.54, 1.807) is 12.3 Å². The van der Waals surface area contributed by atoms with E-state index in [2.05, 4.69) is 11.9 Å². The molecule has 0 bridgehead atoms. The molecule has 0 amide bonds. The average Bonchev–Trinajstić information content (AvgIpc) is 2.86. The van der Waals surface area contributed by atoms with Crippen LogP contribution in [0.4, 0.5) is 0 Å². The van der Waals surface area contributed by atoms with Crippen molar-refractivity contribution in [3.05, 3.63) is 58.1 Å². The van der Waals surface area contributed by atoms with Crippen LogP contribution >= 0.6 is 0 Å². The van der Waals surface area contributed by atoms with E-state index in [1.807, 2.05) is 38.1 Å². The molecule has 2 heterocycles. The molecule has 6 nitrogen and oxygen atoms in total. The van der Waals surface area contributed by atoms with Crippen molar-refractivity contribution >= 4 is 16.9 Å². The van der Waals surface area contributed by atoms with Gasteiger partial charge in [-0.25, -0.2) is 9.78 Å². The first-order valence-electron chi connectivity index (χ1n) is 12.8. The van der Waals surface area contributed by atoms with Crippen molar-refractivity contribution in [3.8, 4) is 17.0 Å². The maximum Gasteiger partial charge on any atom is 0.344 e. The predicted octanol–water partition coefficient (Wildman–Crippen LogP) is 6.79. The monoisotopic (exact) mass is 479 g/mol. The average molecular weight is 480 g/mol. The number of pyridine rings is 1. The molecule has 1 aromatic carbocycles. The highest BCUT2D eigenvalue weighted by atomic mass is 16.5. The Morgan fingerprint density at radius 2 is 1.69 bits per heavy atom. The zero-order valence-electron chi connectivity index (χ0n) is 21.2. The minimum Gasteiger partial charge on any atom is -0.478 e. The first kappa shape index (κ1) is 26.5. The summed E-state index contributed by atoms with van der Waals surface area (Å²) >= 11 is 0. The first-order chi connectivity index (χ1) is 17.0. The van der Waals surface area contributed by atoms with Gasteiger partial charge in [0.1, 0.15) is 5.58 Å². The maximum atomic E-state index is 12.8. The van der Waals surface area contributed by atoms with Crippen LogP contribution in [-0.4, -0.2) is 24.2 Å². The number of hydrogen-bond donors (Lipinski definition) is 0. The highest BCUT2D eigenvalue weighted by Crippen LogP contribution is 2.28. The zero-order valence-corrected chi connectivity index (χ0v) is 21.2. The number of aromatic nitrogens is 1. The third-order valence-electron chi connectivity index (χ3n) is 6.19. The highest BCUT2D eigenvalue weighted by Gasteiger charge is 2.14. The second-order valence-corrected chi connectivity index (χ2v) is 8.87. The van der Waals surface area contributed by atoms with Crippen molar-refractivity contribution in [2.45, 2.75) is 78.6 Å². The van der Waals surface area contributed by atoms with Crippen LogP contribution in [-0.2, 0) is 16.0 Å². The van der Waals surface area contributed by atoms with Gasteiger partial charge in [0.2, 0.25) is 5.88 Å². The maximum absolute atomic E-state index is 12.8. The molecular formula is C29H37NO5. The van der Waals surface area contributed by atoms with Crippen LogP contribution in [0.3, 0.4) is 0 Å². The van der Waals surface area contributed by atoms with E-state index in [0.29, 0.717) is 36.7 Å². The summed E-state index contributed by atoms with van der Waals surface area (Å²) in [6, 6.07) is 9.65. The third-order valence-corrected chi connectivity index (χ3v) is 6.19. The van der Waals surface area contributed by atoms with Crippen LogP contribution in [0, 0.1) is 6.92 Å². The van der Waals surface area contributed by atoms with Gasteiger partial charge in [0.05, 0.1) is 18.8 Å². The number of ether oxygens (including phenoxy) is 2. The molecule has 0 aliphatic carbocycles. The van der Waals surface area contributed by atoms with Crippen LogP contribution in [0.25, 0.3) is 22.1 Å². The summed E-state index contributed by atoms with van der Waals surface area (Å²) in [6.07, 6.45) is 10.5. The van der Waals surface area contributed by atoms with E-state index in [0.717, 1.165) is 67.0 Å². The predicted molar refractivity (Wildman–Crippen MR) is 139 cm³/mol. The Morgan fingerprint density at radius 3 is 2.40 bits per heavy atom. The second-order valence-electron chi connectivity index (χ2n) is 8.87. The molecule has 0 radical (unpaired) electrons. The third kappa shape index (κ3) is 7.67. The van der Waals surface area contributed by atoms with E-state index in [1.165, 1.54) is 6.42 Å². The number of aryl methyl sites for hydroxylation is 2. The number of esters is 1. The van der Waals surface area contributed by atoms with Crippen molar-refractivity contribution in [2.24, 2.45) is 0 Å². The minimum atomic E-state index is -0.345. The van der Waals surface area contributed by atoms with Gasteiger partial charge in [-0.15, -0.1) is 0 Å². The van der Waals surface area contributed by atoms with E-state index in [4.69, 9.17) is 13.9 Å². The smallest absolute Gasteiger partial charge is 0.344 e. The lowest BCUT2D eigenvalue weighted by atomic mass is 9.94. The van der Waals surface area contributed by atoms with Crippen molar-refractivity contribution in [2.75, 3.05) is 13.2 Å². The van der Waals surface area contributed by atoms with Gasteiger partial charge in [-0.05, 0) is 48.9 Å². The van der Waals surface area contributed by atoms with Crippen LogP contribution in [0.2, 0.25) is 0 Å². The summed E-state index contributed by atoms with van der Waals surface area (Å²) in [5.74, 6) is 0.353. The standard InChI is InChI=1S/C29H37NO5/c1-4-22-15-13-14-21(3)28(22)24-18-23-20-30-26(19-25(23)35-29(24)32)33-16-11-9-7-6-8-10-12-17-34-27(31)5-2/h13-15,18-20H,4-12,16-17H2,1-3H3. The molecule has 0 aliphatic heterocycles. The summed E-state index contributed by atoms with van der Waals surface area (Å²) < 4.78 is 16.5. The lowest BCUT2D eigenvalue weighted by Crippen LogP contribution is -2.06. The summed E-state index contributed by atoms with van der Waals surface area (Å²) in [5, 5.41) is 0.779. The number of carbonyl (C=O) groups excluding carboxylic acids is 1. The van der Waals surface area contributed by atoms with Crippen LogP contribution < -0.4 is 10.4 Å². The van der Waals surface area contributed by atoms with E-state index in [-0.39, 0.29) is 11.6 Å². The van der Waals surface area contributed by atoms with Gasteiger partial charge in [0.15, 0.2) is 0 Å². The molecule has 6 heteroatoms. The molecule has 2 aromatic heterocycles. The van der Waals surface area contributed by atoms with Gasteiger partial charge in [-0.3, -0.25) is 4.79 Å². The fraction of sp³-hybridized carbons (Fsp3) is 0.483. The van der Waals surface area contributed by atoms with Crippen molar-refractivity contribution in [3.63, 3.8) is 0 Å². The van der Waals surface area contributed by atoms with E-state index < -0.39 is 0 Å². The number of unbranched alkanes of at least 4 members (excludes halogenated alkanes) is 6. The number of carbonyl (C=O) groups is 1. The minimum absolute atomic E-state index is 0.120. The molecule has 0 saturated heterocycles. The normalized spacial score (nSPS) is 11.1. The molecule has 0 spiro atoms. The molecule has 188 valence electrons. The number of nitrogens with zero attached hydrogens (tertiary/aromatic N) is 1. The Balaban J connectivity index is 1.45. The van der Waals surface area contributed by atoms with Crippen molar-refractivity contribution in [1.82, 2.24) is 4.98 Å². The Hall–Kier alpha value is -3.15. The summed E-state index contributed by atoms with van der Waals surface area (Å²) in [4.78, 5) is 28.3. The van der Waals surface area contributed by atoms with Gasteiger partial charge >= 0.3 is 11.6 Å². The second kappa shape index (κ2) is 13.7. The molecular weight excluding hydrogens is 442 g/mol. The number of hydrogen-bond acceptors (Lipinski definition) is 6. The lowest BCUT2D eigenvalue weighted by Gasteiger charge is -2.11. The molecule has 35 heavy (non-hydrogen) atoms. The quantitative estimate of drug-likeness (QED) is 0.187. The molecule has 0 unspecified atom stereocenters. The molecule has 0 fully saturated rings. The largest absolute Gasteiger partial charge is 0.478 e.